The van der Waals surface area contributed by atoms with Gasteiger partial charge in [0.2, 0.25) is 0 Å². The number of benzene rings is 1. The van der Waals surface area contributed by atoms with Gasteiger partial charge in [0.25, 0.3) is 5.91 Å². The van der Waals surface area contributed by atoms with Crippen LogP contribution in [0.5, 0.6) is 0 Å². The highest BCUT2D eigenvalue weighted by molar-refractivity contribution is 7.17. The van der Waals surface area contributed by atoms with Gasteiger partial charge in [-0.3, -0.25) is 4.79 Å². The van der Waals surface area contributed by atoms with Crippen LogP contribution >= 0.6 is 11.3 Å². The van der Waals surface area contributed by atoms with E-state index in [1.807, 2.05) is 0 Å². The molecule has 1 atom stereocenters. The number of hydrogen-bond acceptors (Lipinski definition) is 2. The largest absolute Gasteiger partial charge is 0.335 e. The molecule has 0 spiro atoms. The number of piperidine rings is 1. The van der Waals surface area contributed by atoms with Crippen molar-refractivity contribution in [2.75, 3.05) is 6.54 Å². The zero-order valence-corrected chi connectivity index (χ0v) is 13.8. The molecule has 1 unspecified atom stereocenters. The molecule has 3 heteroatoms. The third-order valence-corrected chi connectivity index (χ3v) is 6.21. The Labute approximate surface area is 135 Å². The van der Waals surface area contributed by atoms with Crippen LogP contribution in [0.3, 0.4) is 0 Å². The molecule has 1 fully saturated rings. The minimum absolute atomic E-state index is 0.240. The van der Waals surface area contributed by atoms with E-state index < -0.39 is 0 Å². The first-order valence-corrected chi connectivity index (χ1v) is 9.07. The summed E-state index contributed by atoms with van der Waals surface area (Å²) >= 11 is 1.69. The van der Waals surface area contributed by atoms with E-state index in [0.717, 1.165) is 37.1 Å². The van der Waals surface area contributed by atoms with E-state index >= 15 is 0 Å². The minimum Gasteiger partial charge on any atom is -0.335 e. The number of carbonyl (C=O) groups is 1. The van der Waals surface area contributed by atoms with Crippen molar-refractivity contribution in [1.82, 2.24) is 4.90 Å². The van der Waals surface area contributed by atoms with E-state index in [2.05, 4.69) is 42.2 Å². The van der Waals surface area contributed by atoms with Gasteiger partial charge in [0.05, 0.1) is 4.88 Å². The number of thiophene rings is 1. The van der Waals surface area contributed by atoms with E-state index in [9.17, 15) is 4.79 Å². The molecule has 1 aliphatic heterocycles. The topological polar surface area (TPSA) is 20.3 Å². The van der Waals surface area contributed by atoms with Crippen LogP contribution in [0, 0.1) is 0 Å². The summed E-state index contributed by atoms with van der Waals surface area (Å²) in [6.45, 7) is 3.10. The molecule has 1 aromatic heterocycles. The molecule has 2 aliphatic rings. The molecule has 22 heavy (non-hydrogen) atoms. The Kier molecular flexibility index (Phi) is 3.53. The Morgan fingerprint density at radius 2 is 2.00 bits per heavy atom. The highest BCUT2D eigenvalue weighted by Crippen LogP contribution is 2.40. The fourth-order valence-electron chi connectivity index (χ4n) is 3.72. The number of rotatable bonds is 1. The number of hydrogen-bond donors (Lipinski definition) is 0. The minimum atomic E-state index is 0.240. The normalized spacial score (nSPS) is 20.4. The first kappa shape index (κ1) is 14.0. The second-order valence-electron chi connectivity index (χ2n) is 6.47. The Morgan fingerprint density at radius 1 is 1.18 bits per heavy atom. The van der Waals surface area contributed by atoms with Crippen molar-refractivity contribution in [2.45, 2.75) is 45.1 Å². The highest BCUT2D eigenvalue weighted by Gasteiger charge is 2.27. The van der Waals surface area contributed by atoms with Gasteiger partial charge in [-0.1, -0.05) is 24.3 Å². The van der Waals surface area contributed by atoms with Crippen molar-refractivity contribution < 1.29 is 4.79 Å². The summed E-state index contributed by atoms with van der Waals surface area (Å²) in [7, 11) is 0. The van der Waals surface area contributed by atoms with E-state index in [4.69, 9.17) is 0 Å². The SMILES string of the molecule is CC1CCCCN1C(=O)c1cc2c(s1)-c1ccccc1CC2. The summed E-state index contributed by atoms with van der Waals surface area (Å²) in [5.74, 6) is 0.240. The van der Waals surface area contributed by atoms with Crippen LogP contribution in [0.25, 0.3) is 10.4 Å². The number of nitrogens with zero attached hydrogens (tertiary/aromatic N) is 1. The first-order valence-electron chi connectivity index (χ1n) is 8.26. The Balaban J connectivity index is 1.68. The van der Waals surface area contributed by atoms with E-state index in [0.29, 0.717) is 6.04 Å². The third kappa shape index (κ3) is 2.28. The van der Waals surface area contributed by atoms with Gasteiger partial charge >= 0.3 is 0 Å². The quantitative estimate of drug-likeness (QED) is 0.758. The molecule has 1 saturated heterocycles. The second-order valence-corrected chi connectivity index (χ2v) is 7.52. The fourth-order valence-corrected chi connectivity index (χ4v) is 4.95. The van der Waals surface area contributed by atoms with Crippen molar-refractivity contribution in [3.63, 3.8) is 0 Å². The Bertz CT molecular complexity index is 718. The molecule has 4 rings (SSSR count). The lowest BCUT2D eigenvalue weighted by Gasteiger charge is -2.33. The summed E-state index contributed by atoms with van der Waals surface area (Å²) in [5.41, 5.74) is 4.11. The van der Waals surface area contributed by atoms with Crippen LogP contribution in [0.1, 0.15) is 47.0 Å². The summed E-state index contributed by atoms with van der Waals surface area (Å²) in [5, 5.41) is 0. The monoisotopic (exact) mass is 311 g/mol. The maximum atomic E-state index is 12.9. The van der Waals surface area contributed by atoms with E-state index in [1.54, 1.807) is 11.3 Å². The number of fused-ring (bicyclic) bond motifs is 3. The lowest BCUT2D eigenvalue weighted by Crippen LogP contribution is -2.41. The number of aryl methyl sites for hydroxylation is 2. The summed E-state index contributed by atoms with van der Waals surface area (Å²) in [4.78, 5) is 17.2. The Hall–Kier alpha value is -1.61. The molecule has 1 aromatic carbocycles. The van der Waals surface area contributed by atoms with Gasteiger partial charge in [-0.2, -0.15) is 0 Å². The van der Waals surface area contributed by atoms with Gasteiger partial charge in [-0.15, -0.1) is 11.3 Å². The fraction of sp³-hybridized carbons (Fsp3) is 0.421. The predicted octanol–water partition coefficient (Wildman–Crippen LogP) is 4.53. The van der Waals surface area contributed by atoms with Crippen molar-refractivity contribution in [3.8, 4) is 10.4 Å². The van der Waals surface area contributed by atoms with Crippen LogP contribution in [-0.4, -0.2) is 23.4 Å². The van der Waals surface area contributed by atoms with Crippen LogP contribution in [0.4, 0.5) is 0 Å². The molecule has 0 radical (unpaired) electrons. The molecular formula is C19H21NOS. The van der Waals surface area contributed by atoms with E-state index in [1.165, 1.54) is 28.0 Å². The lowest BCUT2D eigenvalue weighted by molar-refractivity contribution is 0.0640. The van der Waals surface area contributed by atoms with Crippen molar-refractivity contribution >= 4 is 17.2 Å². The zero-order valence-electron chi connectivity index (χ0n) is 13.0. The van der Waals surface area contributed by atoms with E-state index in [-0.39, 0.29) is 5.91 Å². The van der Waals surface area contributed by atoms with Gasteiger partial charge < -0.3 is 4.90 Å². The third-order valence-electron chi connectivity index (χ3n) is 5.01. The average Bonchev–Trinajstić information content (AvgIpc) is 2.99. The molecule has 0 saturated carbocycles. The average molecular weight is 311 g/mol. The van der Waals surface area contributed by atoms with Gasteiger partial charge in [0, 0.05) is 17.5 Å². The molecule has 2 aromatic rings. The molecule has 114 valence electrons. The number of carbonyl (C=O) groups excluding carboxylic acids is 1. The van der Waals surface area contributed by atoms with Crippen LogP contribution < -0.4 is 0 Å². The van der Waals surface area contributed by atoms with Crippen LogP contribution in [0.2, 0.25) is 0 Å². The molecule has 1 amide bonds. The molecular weight excluding hydrogens is 290 g/mol. The number of likely N-dealkylation sites (tertiary alicyclic amines) is 1. The summed E-state index contributed by atoms with van der Waals surface area (Å²) < 4.78 is 0. The summed E-state index contributed by atoms with van der Waals surface area (Å²) in [6.07, 6.45) is 5.68. The molecule has 0 N–H and O–H groups in total. The zero-order chi connectivity index (χ0) is 15.1. The van der Waals surface area contributed by atoms with Crippen molar-refractivity contribution in [3.05, 3.63) is 46.3 Å². The van der Waals surface area contributed by atoms with Gasteiger partial charge in [-0.05, 0) is 61.8 Å². The van der Waals surface area contributed by atoms with Crippen LogP contribution in [-0.2, 0) is 12.8 Å². The molecule has 2 heterocycles. The van der Waals surface area contributed by atoms with Crippen molar-refractivity contribution in [2.24, 2.45) is 0 Å². The molecule has 0 bridgehead atoms. The number of amides is 1. The maximum Gasteiger partial charge on any atom is 0.264 e. The molecule has 1 aliphatic carbocycles. The highest BCUT2D eigenvalue weighted by atomic mass is 32.1. The van der Waals surface area contributed by atoms with Crippen molar-refractivity contribution in [1.29, 1.82) is 0 Å². The van der Waals surface area contributed by atoms with Gasteiger partial charge in [0.15, 0.2) is 0 Å². The smallest absolute Gasteiger partial charge is 0.264 e. The predicted molar refractivity (Wildman–Crippen MR) is 91.5 cm³/mol. The first-order chi connectivity index (χ1) is 10.7. The Morgan fingerprint density at radius 3 is 2.86 bits per heavy atom. The second kappa shape index (κ2) is 5.54. The van der Waals surface area contributed by atoms with Gasteiger partial charge in [0.1, 0.15) is 0 Å². The maximum absolute atomic E-state index is 12.9. The molecule has 2 nitrogen and oxygen atoms in total. The van der Waals surface area contributed by atoms with Crippen LogP contribution in [0.15, 0.2) is 30.3 Å². The summed E-state index contributed by atoms with van der Waals surface area (Å²) in [6, 6.07) is 11.2. The standard InChI is InChI=1S/C19H21NOS/c1-13-6-4-5-11-20(13)19(21)17-12-15-10-9-14-7-2-3-8-16(14)18(15)22-17/h2-3,7-8,12-13H,4-6,9-11H2,1H3. The van der Waals surface area contributed by atoms with Gasteiger partial charge in [-0.25, -0.2) is 0 Å². The lowest BCUT2D eigenvalue weighted by atomic mass is 9.91.